The van der Waals surface area contributed by atoms with Gasteiger partial charge in [-0.15, -0.1) is 0 Å². The van der Waals surface area contributed by atoms with Gasteiger partial charge in [0.15, 0.2) is 0 Å². The van der Waals surface area contributed by atoms with Crippen LogP contribution in [-0.2, 0) is 11.3 Å². The molecule has 1 unspecified atom stereocenters. The SMILES string of the molecule is Cc1ccnn1CC(=O)N1CCCCC1c1cccc(F)c1. The van der Waals surface area contributed by atoms with E-state index in [1.807, 2.05) is 24.0 Å². The molecule has 1 amide bonds. The summed E-state index contributed by atoms with van der Waals surface area (Å²) in [5, 5.41) is 4.17. The summed E-state index contributed by atoms with van der Waals surface area (Å²) in [7, 11) is 0. The minimum absolute atomic E-state index is 0.0344. The van der Waals surface area contributed by atoms with Gasteiger partial charge in [0.1, 0.15) is 12.4 Å². The van der Waals surface area contributed by atoms with Crippen LogP contribution in [-0.4, -0.2) is 27.1 Å². The summed E-state index contributed by atoms with van der Waals surface area (Å²) in [5.41, 5.74) is 1.85. The van der Waals surface area contributed by atoms with Crippen LogP contribution < -0.4 is 0 Å². The molecule has 22 heavy (non-hydrogen) atoms. The van der Waals surface area contributed by atoms with Gasteiger partial charge < -0.3 is 4.90 Å². The monoisotopic (exact) mass is 301 g/mol. The Labute approximate surface area is 129 Å². The van der Waals surface area contributed by atoms with Crippen molar-refractivity contribution in [2.75, 3.05) is 6.54 Å². The molecule has 2 heterocycles. The van der Waals surface area contributed by atoms with Crippen molar-refractivity contribution >= 4 is 5.91 Å². The van der Waals surface area contributed by atoms with E-state index < -0.39 is 0 Å². The minimum atomic E-state index is -0.251. The van der Waals surface area contributed by atoms with E-state index in [9.17, 15) is 9.18 Å². The van der Waals surface area contributed by atoms with Gasteiger partial charge in [0.2, 0.25) is 5.91 Å². The topological polar surface area (TPSA) is 38.1 Å². The third-order valence-corrected chi connectivity index (χ3v) is 4.27. The van der Waals surface area contributed by atoms with E-state index in [4.69, 9.17) is 0 Å². The average molecular weight is 301 g/mol. The first-order valence-electron chi connectivity index (χ1n) is 7.68. The maximum atomic E-state index is 13.5. The van der Waals surface area contributed by atoms with Gasteiger partial charge in [-0.1, -0.05) is 12.1 Å². The van der Waals surface area contributed by atoms with E-state index in [1.165, 1.54) is 12.1 Å². The molecule has 5 heteroatoms. The number of halogens is 1. The van der Waals surface area contributed by atoms with E-state index in [0.717, 1.165) is 37.1 Å². The van der Waals surface area contributed by atoms with E-state index >= 15 is 0 Å². The second-order valence-electron chi connectivity index (χ2n) is 5.78. The lowest BCUT2D eigenvalue weighted by atomic mass is 9.95. The van der Waals surface area contributed by atoms with E-state index in [1.54, 1.807) is 16.9 Å². The smallest absolute Gasteiger partial charge is 0.244 e. The summed E-state index contributed by atoms with van der Waals surface area (Å²) >= 11 is 0. The number of carbonyl (C=O) groups excluding carboxylic acids is 1. The number of nitrogens with zero attached hydrogens (tertiary/aromatic N) is 3. The number of amides is 1. The van der Waals surface area contributed by atoms with Crippen LogP contribution in [0.3, 0.4) is 0 Å². The zero-order valence-electron chi connectivity index (χ0n) is 12.7. The molecule has 1 aliphatic rings. The number of piperidine rings is 1. The second kappa shape index (κ2) is 6.30. The Bertz CT molecular complexity index is 667. The van der Waals surface area contributed by atoms with Crippen LogP contribution in [0.15, 0.2) is 36.5 Å². The van der Waals surface area contributed by atoms with Crippen LogP contribution in [0.5, 0.6) is 0 Å². The van der Waals surface area contributed by atoms with E-state index in [0.29, 0.717) is 0 Å². The van der Waals surface area contributed by atoms with Gasteiger partial charge in [-0.05, 0) is 49.9 Å². The Kier molecular flexibility index (Phi) is 4.22. The van der Waals surface area contributed by atoms with Gasteiger partial charge >= 0.3 is 0 Å². The molecular formula is C17H20FN3O. The molecule has 0 N–H and O–H groups in total. The predicted molar refractivity (Wildman–Crippen MR) is 81.7 cm³/mol. The lowest BCUT2D eigenvalue weighted by molar-refractivity contribution is -0.136. The molecule has 1 saturated heterocycles. The zero-order chi connectivity index (χ0) is 15.5. The second-order valence-corrected chi connectivity index (χ2v) is 5.78. The van der Waals surface area contributed by atoms with Crippen LogP contribution in [0.25, 0.3) is 0 Å². The molecule has 1 aromatic carbocycles. The van der Waals surface area contributed by atoms with Gasteiger partial charge in [0, 0.05) is 18.4 Å². The molecule has 3 rings (SSSR count). The number of aromatic nitrogens is 2. The molecule has 4 nitrogen and oxygen atoms in total. The first kappa shape index (κ1) is 14.8. The molecule has 1 aromatic heterocycles. The first-order chi connectivity index (χ1) is 10.6. The van der Waals surface area contributed by atoms with Gasteiger partial charge in [-0.3, -0.25) is 9.48 Å². The molecule has 0 aliphatic carbocycles. The fourth-order valence-corrected chi connectivity index (χ4v) is 3.07. The van der Waals surface area contributed by atoms with Crippen LogP contribution in [0.2, 0.25) is 0 Å². The Morgan fingerprint density at radius 2 is 2.23 bits per heavy atom. The molecule has 1 aliphatic heterocycles. The van der Waals surface area contributed by atoms with Crippen molar-refractivity contribution in [3.8, 4) is 0 Å². The lowest BCUT2D eigenvalue weighted by Gasteiger charge is -2.36. The molecule has 2 aromatic rings. The molecule has 0 spiro atoms. The Morgan fingerprint density at radius 1 is 1.36 bits per heavy atom. The number of hydrogen-bond donors (Lipinski definition) is 0. The highest BCUT2D eigenvalue weighted by Crippen LogP contribution is 2.31. The summed E-state index contributed by atoms with van der Waals surface area (Å²) in [4.78, 5) is 14.5. The minimum Gasteiger partial charge on any atom is -0.334 e. The average Bonchev–Trinajstić information content (AvgIpc) is 2.92. The van der Waals surface area contributed by atoms with Crippen LogP contribution in [0, 0.1) is 12.7 Å². The van der Waals surface area contributed by atoms with Crippen LogP contribution >= 0.6 is 0 Å². The Hall–Kier alpha value is -2.17. The number of rotatable bonds is 3. The first-order valence-corrected chi connectivity index (χ1v) is 7.68. The van der Waals surface area contributed by atoms with Gasteiger partial charge in [0.25, 0.3) is 0 Å². The Balaban J connectivity index is 1.80. The largest absolute Gasteiger partial charge is 0.334 e. The standard InChI is InChI=1S/C17H20FN3O/c1-13-8-9-19-21(13)12-17(22)20-10-3-2-7-16(20)14-5-4-6-15(18)11-14/h4-6,8-9,11,16H,2-3,7,10,12H2,1H3. The molecule has 1 atom stereocenters. The zero-order valence-corrected chi connectivity index (χ0v) is 12.7. The summed E-state index contributed by atoms with van der Waals surface area (Å²) in [6, 6.07) is 8.43. The predicted octanol–water partition coefficient (Wildman–Crippen LogP) is 3.08. The fourth-order valence-electron chi connectivity index (χ4n) is 3.07. The third-order valence-electron chi connectivity index (χ3n) is 4.27. The summed E-state index contributed by atoms with van der Waals surface area (Å²) in [6.45, 7) is 2.89. The van der Waals surface area contributed by atoms with Crippen LogP contribution in [0.4, 0.5) is 4.39 Å². The highest BCUT2D eigenvalue weighted by molar-refractivity contribution is 5.76. The van der Waals surface area contributed by atoms with Gasteiger partial charge in [-0.2, -0.15) is 5.10 Å². The van der Waals surface area contributed by atoms with Gasteiger partial charge in [-0.25, -0.2) is 4.39 Å². The number of hydrogen-bond acceptors (Lipinski definition) is 2. The third kappa shape index (κ3) is 3.03. The summed E-state index contributed by atoms with van der Waals surface area (Å²) in [6.07, 6.45) is 4.64. The van der Waals surface area contributed by atoms with Crippen molar-refractivity contribution in [2.45, 2.75) is 38.8 Å². The molecule has 0 bridgehead atoms. The van der Waals surface area contributed by atoms with Crippen molar-refractivity contribution in [1.82, 2.24) is 14.7 Å². The highest BCUT2D eigenvalue weighted by atomic mass is 19.1. The highest BCUT2D eigenvalue weighted by Gasteiger charge is 2.28. The Morgan fingerprint density at radius 3 is 2.95 bits per heavy atom. The maximum Gasteiger partial charge on any atom is 0.244 e. The number of carbonyl (C=O) groups is 1. The number of likely N-dealkylation sites (tertiary alicyclic amines) is 1. The van der Waals surface area contributed by atoms with Crippen molar-refractivity contribution in [3.05, 3.63) is 53.6 Å². The number of aryl methyl sites for hydroxylation is 1. The van der Waals surface area contributed by atoms with Crippen molar-refractivity contribution in [1.29, 1.82) is 0 Å². The van der Waals surface area contributed by atoms with Gasteiger partial charge in [0.05, 0.1) is 6.04 Å². The maximum absolute atomic E-state index is 13.5. The van der Waals surface area contributed by atoms with E-state index in [2.05, 4.69) is 5.10 Å². The normalized spacial score (nSPS) is 18.5. The molecule has 0 saturated carbocycles. The molecule has 0 radical (unpaired) electrons. The summed E-state index contributed by atoms with van der Waals surface area (Å²) < 4.78 is 15.2. The lowest BCUT2D eigenvalue weighted by Crippen LogP contribution is -2.40. The molecule has 116 valence electrons. The van der Waals surface area contributed by atoms with Crippen molar-refractivity contribution in [2.24, 2.45) is 0 Å². The molecular weight excluding hydrogens is 281 g/mol. The van der Waals surface area contributed by atoms with Crippen LogP contribution in [0.1, 0.15) is 36.6 Å². The van der Waals surface area contributed by atoms with Crippen molar-refractivity contribution < 1.29 is 9.18 Å². The quantitative estimate of drug-likeness (QED) is 0.874. The molecule has 1 fully saturated rings. The number of benzene rings is 1. The van der Waals surface area contributed by atoms with E-state index in [-0.39, 0.29) is 24.3 Å². The summed E-state index contributed by atoms with van der Waals surface area (Å²) in [5.74, 6) is -0.209. The fraction of sp³-hybridized carbons (Fsp3) is 0.412. The van der Waals surface area contributed by atoms with Crippen molar-refractivity contribution in [3.63, 3.8) is 0 Å².